The summed E-state index contributed by atoms with van der Waals surface area (Å²) in [6, 6.07) is 0. The maximum absolute atomic E-state index is 3.31. The largest absolute Gasteiger partial charge is 0.319 e. The molecule has 2 nitrogen and oxygen atoms in total. The number of rotatable bonds is 8. The van der Waals surface area contributed by atoms with Gasteiger partial charge < -0.3 is 10.2 Å². The molecule has 0 saturated carbocycles. The molecule has 0 spiro atoms. The van der Waals surface area contributed by atoms with Crippen LogP contribution in [0.3, 0.4) is 0 Å². The number of nitrogens with zero attached hydrogens (tertiary/aromatic N) is 1. The van der Waals surface area contributed by atoms with E-state index < -0.39 is 0 Å². The van der Waals surface area contributed by atoms with E-state index >= 15 is 0 Å². The third-order valence-corrected chi connectivity index (χ3v) is 3.97. The van der Waals surface area contributed by atoms with Gasteiger partial charge in [0, 0.05) is 13.1 Å². The average molecular weight is 240 g/mol. The van der Waals surface area contributed by atoms with E-state index in [1.807, 2.05) is 0 Å². The van der Waals surface area contributed by atoms with Gasteiger partial charge in [-0.3, -0.25) is 0 Å². The van der Waals surface area contributed by atoms with Crippen LogP contribution in [0.15, 0.2) is 0 Å². The minimum absolute atomic E-state index is 0.504. The summed E-state index contributed by atoms with van der Waals surface area (Å²) in [5.41, 5.74) is 0.504. The highest BCUT2D eigenvalue weighted by molar-refractivity contribution is 4.81. The van der Waals surface area contributed by atoms with Crippen molar-refractivity contribution in [1.82, 2.24) is 10.2 Å². The fourth-order valence-electron chi connectivity index (χ4n) is 3.05. The Kier molecular flexibility index (Phi) is 6.50. The summed E-state index contributed by atoms with van der Waals surface area (Å²) in [5.74, 6) is 0.881. The molecule has 1 unspecified atom stereocenters. The summed E-state index contributed by atoms with van der Waals surface area (Å²) in [6.07, 6.45) is 6.90. The van der Waals surface area contributed by atoms with Crippen molar-refractivity contribution in [3.8, 4) is 0 Å². The minimum Gasteiger partial charge on any atom is -0.319 e. The molecule has 0 aromatic heterocycles. The Balaban J connectivity index is 2.23. The van der Waals surface area contributed by atoms with Gasteiger partial charge in [0.25, 0.3) is 0 Å². The second-order valence-electron chi connectivity index (χ2n) is 6.57. The molecule has 1 aliphatic rings. The topological polar surface area (TPSA) is 15.3 Å². The molecule has 0 aromatic rings. The standard InChI is InChI=1S/C15H32N2/c1-5-6-7-9-15(2,3)13-17-10-8-14(12-17)11-16-4/h14,16H,5-13H2,1-4H3. The van der Waals surface area contributed by atoms with Gasteiger partial charge in [-0.05, 0) is 44.3 Å². The van der Waals surface area contributed by atoms with Crippen LogP contribution in [0.5, 0.6) is 0 Å². The van der Waals surface area contributed by atoms with Gasteiger partial charge in [0.15, 0.2) is 0 Å². The third-order valence-electron chi connectivity index (χ3n) is 3.97. The van der Waals surface area contributed by atoms with Crippen LogP contribution in [-0.2, 0) is 0 Å². The van der Waals surface area contributed by atoms with E-state index in [0.29, 0.717) is 5.41 Å². The molecule has 1 rings (SSSR count). The predicted molar refractivity (Wildman–Crippen MR) is 76.4 cm³/mol. The first-order valence-corrected chi connectivity index (χ1v) is 7.44. The van der Waals surface area contributed by atoms with Crippen LogP contribution >= 0.6 is 0 Å². The lowest BCUT2D eigenvalue weighted by Crippen LogP contribution is -2.33. The smallest absolute Gasteiger partial charge is 0.00328 e. The van der Waals surface area contributed by atoms with Crippen molar-refractivity contribution in [2.75, 3.05) is 33.2 Å². The lowest BCUT2D eigenvalue weighted by molar-refractivity contribution is 0.188. The van der Waals surface area contributed by atoms with Gasteiger partial charge >= 0.3 is 0 Å². The van der Waals surface area contributed by atoms with Gasteiger partial charge in [-0.1, -0.05) is 40.0 Å². The number of unbranched alkanes of at least 4 members (excludes halogenated alkanes) is 2. The van der Waals surface area contributed by atoms with E-state index in [9.17, 15) is 0 Å². The van der Waals surface area contributed by atoms with E-state index in [0.717, 1.165) is 5.92 Å². The van der Waals surface area contributed by atoms with Crippen LogP contribution in [0.4, 0.5) is 0 Å². The van der Waals surface area contributed by atoms with Crippen molar-refractivity contribution in [1.29, 1.82) is 0 Å². The van der Waals surface area contributed by atoms with Crippen molar-refractivity contribution in [3.05, 3.63) is 0 Å². The molecule has 0 bridgehead atoms. The van der Waals surface area contributed by atoms with Gasteiger partial charge in [0.1, 0.15) is 0 Å². The highest BCUT2D eigenvalue weighted by atomic mass is 15.2. The molecular formula is C15H32N2. The second-order valence-corrected chi connectivity index (χ2v) is 6.57. The Morgan fingerprint density at radius 3 is 2.71 bits per heavy atom. The van der Waals surface area contributed by atoms with Crippen molar-refractivity contribution >= 4 is 0 Å². The van der Waals surface area contributed by atoms with E-state index in [4.69, 9.17) is 0 Å². The Morgan fingerprint density at radius 2 is 2.06 bits per heavy atom. The first kappa shape index (κ1) is 15.0. The molecule has 0 amide bonds. The molecule has 0 radical (unpaired) electrons. The lowest BCUT2D eigenvalue weighted by atomic mass is 9.86. The molecule has 0 aliphatic carbocycles. The fraction of sp³-hybridized carbons (Fsp3) is 1.00. The van der Waals surface area contributed by atoms with Crippen LogP contribution in [0.1, 0.15) is 52.9 Å². The Morgan fingerprint density at radius 1 is 1.29 bits per heavy atom. The summed E-state index contributed by atoms with van der Waals surface area (Å²) >= 11 is 0. The predicted octanol–water partition coefficient (Wildman–Crippen LogP) is 3.13. The van der Waals surface area contributed by atoms with Gasteiger partial charge in [0.05, 0.1) is 0 Å². The lowest BCUT2D eigenvalue weighted by Gasteiger charge is -2.30. The second kappa shape index (κ2) is 7.38. The zero-order valence-corrected chi connectivity index (χ0v) is 12.4. The number of nitrogens with one attached hydrogen (secondary N) is 1. The molecular weight excluding hydrogens is 208 g/mol. The van der Waals surface area contributed by atoms with E-state index in [1.165, 1.54) is 58.3 Å². The van der Waals surface area contributed by atoms with Crippen molar-refractivity contribution in [3.63, 3.8) is 0 Å². The average Bonchev–Trinajstić information content (AvgIpc) is 2.65. The molecule has 1 saturated heterocycles. The highest BCUT2D eigenvalue weighted by Crippen LogP contribution is 2.27. The zero-order valence-electron chi connectivity index (χ0n) is 12.4. The van der Waals surface area contributed by atoms with Gasteiger partial charge in [0.2, 0.25) is 0 Å². The summed E-state index contributed by atoms with van der Waals surface area (Å²) in [7, 11) is 2.07. The summed E-state index contributed by atoms with van der Waals surface area (Å²) in [5, 5.41) is 3.31. The maximum Gasteiger partial charge on any atom is 0.00328 e. The molecule has 2 heteroatoms. The van der Waals surface area contributed by atoms with Crippen LogP contribution in [0.25, 0.3) is 0 Å². The number of hydrogen-bond donors (Lipinski definition) is 1. The van der Waals surface area contributed by atoms with Crippen molar-refractivity contribution in [2.24, 2.45) is 11.3 Å². The van der Waals surface area contributed by atoms with Crippen LogP contribution < -0.4 is 5.32 Å². The Labute approximate surface area is 108 Å². The first-order chi connectivity index (χ1) is 8.07. The van der Waals surface area contributed by atoms with E-state index in [1.54, 1.807) is 0 Å². The molecule has 1 aliphatic heterocycles. The minimum atomic E-state index is 0.504. The van der Waals surface area contributed by atoms with Gasteiger partial charge in [-0.15, -0.1) is 0 Å². The molecule has 102 valence electrons. The van der Waals surface area contributed by atoms with Crippen LogP contribution in [-0.4, -0.2) is 38.1 Å². The molecule has 0 aromatic carbocycles. The molecule has 1 fully saturated rings. The summed E-state index contributed by atoms with van der Waals surface area (Å²) < 4.78 is 0. The molecule has 1 atom stereocenters. The van der Waals surface area contributed by atoms with Crippen LogP contribution in [0.2, 0.25) is 0 Å². The molecule has 1 N–H and O–H groups in total. The first-order valence-electron chi connectivity index (χ1n) is 7.44. The molecule has 1 heterocycles. The monoisotopic (exact) mass is 240 g/mol. The Hall–Kier alpha value is -0.0800. The molecule has 17 heavy (non-hydrogen) atoms. The summed E-state index contributed by atoms with van der Waals surface area (Å²) in [4.78, 5) is 2.67. The Bertz CT molecular complexity index is 201. The summed E-state index contributed by atoms with van der Waals surface area (Å²) in [6.45, 7) is 12.3. The number of hydrogen-bond acceptors (Lipinski definition) is 2. The SMILES string of the molecule is CCCCCC(C)(C)CN1CCC(CNC)C1. The van der Waals surface area contributed by atoms with Gasteiger partial charge in [-0.2, -0.15) is 0 Å². The maximum atomic E-state index is 3.31. The fourth-order valence-corrected chi connectivity index (χ4v) is 3.05. The normalized spacial score (nSPS) is 22.2. The van der Waals surface area contributed by atoms with Crippen molar-refractivity contribution < 1.29 is 0 Å². The van der Waals surface area contributed by atoms with Gasteiger partial charge in [-0.25, -0.2) is 0 Å². The number of likely N-dealkylation sites (tertiary alicyclic amines) is 1. The van der Waals surface area contributed by atoms with Crippen molar-refractivity contribution in [2.45, 2.75) is 52.9 Å². The zero-order chi connectivity index (χ0) is 12.7. The third kappa shape index (κ3) is 5.87. The van der Waals surface area contributed by atoms with Crippen LogP contribution in [0, 0.1) is 11.3 Å². The van der Waals surface area contributed by atoms with E-state index in [-0.39, 0.29) is 0 Å². The quantitative estimate of drug-likeness (QED) is 0.656. The highest BCUT2D eigenvalue weighted by Gasteiger charge is 2.27. The van der Waals surface area contributed by atoms with E-state index in [2.05, 4.69) is 38.0 Å².